The maximum absolute atomic E-state index is 5.99. The lowest BCUT2D eigenvalue weighted by atomic mass is 10.3. The largest absolute Gasteiger partial charge is 0.436 e. The van der Waals surface area contributed by atoms with E-state index < -0.39 is 0 Å². The highest BCUT2D eigenvalue weighted by Gasteiger charge is 2.06. The summed E-state index contributed by atoms with van der Waals surface area (Å²) in [5.74, 6) is 0.804. The first-order chi connectivity index (χ1) is 8.56. The van der Waals surface area contributed by atoms with E-state index in [0.717, 1.165) is 4.47 Å². The zero-order valence-corrected chi connectivity index (χ0v) is 12.1. The Balaban J connectivity index is 2.23. The molecule has 4 nitrogen and oxygen atoms in total. The van der Waals surface area contributed by atoms with Gasteiger partial charge in [0.05, 0.1) is 17.4 Å². The van der Waals surface area contributed by atoms with Crippen LogP contribution in [0.2, 0.25) is 5.02 Å². The molecule has 0 atom stereocenters. The molecule has 0 unspecified atom stereocenters. The zero-order chi connectivity index (χ0) is 13.1. The summed E-state index contributed by atoms with van der Waals surface area (Å²) in [5, 5.41) is 0.485. The van der Waals surface area contributed by atoms with E-state index in [1.54, 1.807) is 12.1 Å². The summed E-state index contributed by atoms with van der Waals surface area (Å²) in [6, 6.07) is 5.28. The molecule has 0 aliphatic carbocycles. The summed E-state index contributed by atoms with van der Waals surface area (Å²) in [4.78, 5) is 8.25. The van der Waals surface area contributed by atoms with Crippen molar-refractivity contribution in [3.05, 3.63) is 45.8 Å². The molecule has 0 saturated heterocycles. The minimum Gasteiger partial charge on any atom is -0.436 e. The Morgan fingerprint density at radius 2 is 2.11 bits per heavy atom. The van der Waals surface area contributed by atoms with Crippen molar-refractivity contribution in [1.29, 1.82) is 0 Å². The Kier molecular flexibility index (Phi) is 4.11. The molecule has 1 aromatic carbocycles. The molecule has 0 amide bonds. The fourth-order valence-corrected chi connectivity index (χ4v) is 1.77. The van der Waals surface area contributed by atoms with Crippen LogP contribution in [0.15, 0.2) is 35.1 Å². The van der Waals surface area contributed by atoms with Crippen molar-refractivity contribution in [3.8, 4) is 11.6 Å². The smallest absolute Gasteiger partial charge is 0.237 e. The highest BCUT2D eigenvalue weighted by molar-refractivity contribution is 9.10. The first-order valence-electron chi connectivity index (χ1n) is 4.81. The van der Waals surface area contributed by atoms with E-state index in [9.17, 15) is 0 Å². The Bertz CT molecular complexity index is 591. The molecule has 1 heterocycles. The van der Waals surface area contributed by atoms with Crippen molar-refractivity contribution in [1.82, 2.24) is 9.97 Å². The maximum Gasteiger partial charge on any atom is 0.237 e. The van der Waals surface area contributed by atoms with Gasteiger partial charge >= 0.3 is 0 Å². The van der Waals surface area contributed by atoms with Crippen LogP contribution in [-0.2, 0) is 0 Å². The molecule has 1 aromatic heterocycles. The van der Waals surface area contributed by atoms with Gasteiger partial charge in [-0.25, -0.2) is 9.97 Å². The van der Waals surface area contributed by atoms with Crippen LogP contribution in [0.3, 0.4) is 0 Å². The number of aromatic nitrogens is 2. The fourth-order valence-electron chi connectivity index (χ4n) is 1.16. The first kappa shape index (κ1) is 13.2. The van der Waals surface area contributed by atoms with Gasteiger partial charge in [0, 0.05) is 4.47 Å². The molecule has 0 aliphatic heterocycles. The standard InChI is InChI=1S/C11H7BrClN3OS/c12-6-1-2-7(13)9(3-6)17-10-5-15-8(4-16-10)11(14)18/h1-5H,(H2,14,18). The second-order valence-corrected chi connectivity index (χ2v) is 5.04. The molecule has 18 heavy (non-hydrogen) atoms. The zero-order valence-electron chi connectivity index (χ0n) is 8.93. The molecule has 0 spiro atoms. The van der Waals surface area contributed by atoms with Gasteiger partial charge in [0.15, 0.2) is 0 Å². The Morgan fingerprint density at radius 1 is 1.33 bits per heavy atom. The van der Waals surface area contributed by atoms with Gasteiger partial charge in [0.1, 0.15) is 16.4 Å². The molecule has 92 valence electrons. The molecule has 7 heteroatoms. The summed E-state index contributed by atoms with van der Waals surface area (Å²) >= 11 is 14.1. The van der Waals surface area contributed by atoms with Gasteiger partial charge in [-0.05, 0) is 18.2 Å². The molecule has 0 aliphatic rings. The summed E-state index contributed by atoms with van der Waals surface area (Å²) < 4.78 is 6.36. The van der Waals surface area contributed by atoms with Crippen LogP contribution in [0.25, 0.3) is 0 Å². The van der Waals surface area contributed by atoms with Crippen LogP contribution in [0.5, 0.6) is 11.6 Å². The number of hydrogen-bond acceptors (Lipinski definition) is 4. The summed E-state index contributed by atoms with van der Waals surface area (Å²) in [5.41, 5.74) is 5.86. The van der Waals surface area contributed by atoms with Gasteiger partial charge < -0.3 is 10.5 Å². The lowest BCUT2D eigenvalue weighted by Crippen LogP contribution is -2.11. The Labute approximate surface area is 122 Å². The third-order valence-electron chi connectivity index (χ3n) is 1.99. The Hall–Kier alpha value is -1.24. The number of halogens is 2. The van der Waals surface area contributed by atoms with Crippen molar-refractivity contribution in [3.63, 3.8) is 0 Å². The normalized spacial score (nSPS) is 10.1. The van der Waals surface area contributed by atoms with Crippen molar-refractivity contribution >= 4 is 44.7 Å². The van der Waals surface area contributed by atoms with Crippen molar-refractivity contribution in [2.75, 3.05) is 0 Å². The van der Waals surface area contributed by atoms with Gasteiger partial charge in [-0.15, -0.1) is 0 Å². The number of thiocarbonyl (C=S) groups is 1. The van der Waals surface area contributed by atoms with Crippen molar-refractivity contribution < 1.29 is 4.74 Å². The van der Waals surface area contributed by atoms with Crippen LogP contribution in [0.4, 0.5) is 0 Å². The minimum atomic E-state index is 0.189. The number of hydrogen-bond donors (Lipinski definition) is 1. The third-order valence-corrected chi connectivity index (χ3v) is 3.00. The Morgan fingerprint density at radius 3 is 2.72 bits per heavy atom. The van der Waals surface area contributed by atoms with E-state index in [4.69, 9.17) is 34.3 Å². The molecule has 2 aromatic rings. The second-order valence-electron chi connectivity index (χ2n) is 3.28. The van der Waals surface area contributed by atoms with E-state index in [2.05, 4.69) is 25.9 Å². The van der Waals surface area contributed by atoms with Gasteiger partial charge in [-0.2, -0.15) is 0 Å². The predicted molar refractivity (Wildman–Crippen MR) is 77.1 cm³/mol. The van der Waals surface area contributed by atoms with Gasteiger partial charge in [0.25, 0.3) is 0 Å². The maximum atomic E-state index is 5.99. The highest BCUT2D eigenvalue weighted by Crippen LogP contribution is 2.30. The van der Waals surface area contributed by atoms with Crippen LogP contribution >= 0.6 is 39.7 Å². The summed E-state index contributed by atoms with van der Waals surface area (Å²) in [6.07, 6.45) is 2.88. The minimum absolute atomic E-state index is 0.189. The topological polar surface area (TPSA) is 61.0 Å². The number of nitrogens with zero attached hydrogens (tertiary/aromatic N) is 2. The molecule has 0 bridgehead atoms. The van der Waals surface area contributed by atoms with Crippen LogP contribution < -0.4 is 10.5 Å². The first-order valence-corrected chi connectivity index (χ1v) is 6.39. The number of benzene rings is 1. The number of rotatable bonds is 3. The lowest BCUT2D eigenvalue weighted by Gasteiger charge is -2.07. The molecular formula is C11H7BrClN3OS. The average molecular weight is 345 g/mol. The molecule has 0 fully saturated rings. The van der Waals surface area contributed by atoms with Crippen molar-refractivity contribution in [2.24, 2.45) is 5.73 Å². The molecule has 0 radical (unpaired) electrons. The van der Waals surface area contributed by atoms with Gasteiger partial charge in [-0.1, -0.05) is 39.7 Å². The van der Waals surface area contributed by atoms with E-state index >= 15 is 0 Å². The molecule has 2 rings (SSSR count). The molecular weight excluding hydrogens is 338 g/mol. The van der Waals surface area contributed by atoms with Gasteiger partial charge in [0.2, 0.25) is 5.88 Å². The summed E-state index contributed by atoms with van der Waals surface area (Å²) in [7, 11) is 0. The third kappa shape index (κ3) is 3.16. The number of nitrogens with two attached hydrogens (primary N) is 1. The second kappa shape index (κ2) is 5.60. The van der Waals surface area contributed by atoms with E-state index in [0.29, 0.717) is 22.3 Å². The van der Waals surface area contributed by atoms with Gasteiger partial charge in [-0.3, -0.25) is 0 Å². The SMILES string of the molecule is NC(=S)c1cnc(Oc2cc(Br)ccc2Cl)cn1. The van der Waals surface area contributed by atoms with Crippen LogP contribution in [0.1, 0.15) is 5.69 Å². The van der Waals surface area contributed by atoms with E-state index in [1.807, 2.05) is 6.07 Å². The predicted octanol–water partition coefficient (Wildman–Crippen LogP) is 3.32. The van der Waals surface area contributed by atoms with Crippen LogP contribution in [0, 0.1) is 0 Å². The highest BCUT2D eigenvalue weighted by atomic mass is 79.9. The quantitative estimate of drug-likeness (QED) is 0.866. The van der Waals surface area contributed by atoms with E-state index in [-0.39, 0.29) is 4.99 Å². The fraction of sp³-hybridized carbons (Fsp3) is 0. The van der Waals surface area contributed by atoms with E-state index in [1.165, 1.54) is 12.4 Å². The molecule has 2 N–H and O–H groups in total. The van der Waals surface area contributed by atoms with Crippen molar-refractivity contribution in [2.45, 2.75) is 0 Å². The molecule has 0 saturated carbocycles. The van der Waals surface area contributed by atoms with Crippen LogP contribution in [-0.4, -0.2) is 15.0 Å². The average Bonchev–Trinajstić information content (AvgIpc) is 2.34. The summed E-state index contributed by atoms with van der Waals surface area (Å²) in [6.45, 7) is 0. The number of ether oxygens (including phenoxy) is 1. The monoisotopic (exact) mass is 343 g/mol. The lowest BCUT2D eigenvalue weighted by molar-refractivity contribution is 0.460.